The molecule has 0 bridgehead atoms. The Balaban J connectivity index is 0.000000461. The predicted molar refractivity (Wildman–Crippen MR) is 59.2 cm³/mol. The second-order valence-electron chi connectivity index (χ2n) is 2.90. The first kappa shape index (κ1) is 10.7. The number of pyridine rings is 1. The molecule has 2 aromatic rings. The van der Waals surface area contributed by atoms with Crippen molar-refractivity contribution in [1.82, 2.24) is 14.5 Å². The fourth-order valence-electron chi connectivity index (χ4n) is 1.24. The molecule has 0 atom stereocenters. The molecule has 0 aliphatic rings. The van der Waals surface area contributed by atoms with E-state index in [1.165, 1.54) is 5.56 Å². The minimum absolute atomic E-state index is 0.828. The van der Waals surface area contributed by atoms with Crippen molar-refractivity contribution in [3.05, 3.63) is 24.2 Å². The van der Waals surface area contributed by atoms with Gasteiger partial charge in [0, 0.05) is 13.2 Å². The van der Waals surface area contributed by atoms with Crippen molar-refractivity contribution in [3.63, 3.8) is 0 Å². The van der Waals surface area contributed by atoms with Gasteiger partial charge in [-0.1, -0.05) is 20.8 Å². The number of aromatic nitrogens is 3. The van der Waals surface area contributed by atoms with E-state index in [1.54, 1.807) is 6.33 Å². The molecule has 0 aliphatic heterocycles. The minimum atomic E-state index is 0.828. The molecule has 3 heteroatoms. The molecule has 0 N–H and O–H groups in total. The van der Waals surface area contributed by atoms with Crippen LogP contribution >= 0.6 is 0 Å². The Morgan fingerprint density at radius 2 is 2.00 bits per heavy atom. The third-order valence-electron chi connectivity index (χ3n) is 2.05. The first-order chi connectivity index (χ1) is 6.81. The van der Waals surface area contributed by atoms with E-state index in [2.05, 4.69) is 23.0 Å². The summed E-state index contributed by atoms with van der Waals surface area (Å²) in [5, 5.41) is 0. The predicted octanol–water partition coefficient (Wildman–Crippen LogP) is 2.56. The minimum Gasteiger partial charge on any atom is -0.332 e. The van der Waals surface area contributed by atoms with E-state index in [9.17, 15) is 0 Å². The van der Waals surface area contributed by atoms with Gasteiger partial charge in [-0.05, 0) is 18.1 Å². The summed E-state index contributed by atoms with van der Waals surface area (Å²) in [6, 6.07) is 2.13. The fourth-order valence-corrected chi connectivity index (χ4v) is 1.24. The molecule has 0 saturated carbocycles. The Hall–Kier alpha value is -1.38. The molecule has 0 aliphatic carbocycles. The van der Waals surface area contributed by atoms with Gasteiger partial charge >= 0.3 is 0 Å². The lowest BCUT2D eigenvalue weighted by Gasteiger charge is -1.96. The second kappa shape index (κ2) is 4.74. The van der Waals surface area contributed by atoms with Gasteiger partial charge in [0.15, 0.2) is 5.65 Å². The van der Waals surface area contributed by atoms with Crippen molar-refractivity contribution in [2.75, 3.05) is 0 Å². The normalized spacial score (nSPS) is 9.71. The monoisotopic (exact) mass is 191 g/mol. The van der Waals surface area contributed by atoms with Gasteiger partial charge in [-0.2, -0.15) is 0 Å². The molecule has 2 heterocycles. The molecule has 0 spiro atoms. The summed E-state index contributed by atoms with van der Waals surface area (Å²) >= 11 is 0. The van der Waals surface area contributed by atoms with Gasteiger partial charge in [0.1, 0.15) is 0 Å². The van der Waals surface area contributed by atoms with Crippen molar-refractivity contribution in [3.8, 4) is 0 Å². The number of rotatable bonds is 1. The van der Waals surface area contributed by atoms with Crippen LogP contribution in [0.4, 0.5) is 0 Å². The van der Waals surface area contributed by atoms with E-state index < -0.39 is 0 Å². The molecule has 2 rings (SSSR count). The molecule has 14 heavy (non-hydrogen) atoms. The highest BCUT2D eigenvalue weighted by molar-refractivity contribution is 5.71. The van der Waals surface area contributed by atoms with Gasteiger partial charge in [-0.3, -0.25) is 0 Å². The number of fused-ring (bicyclic) bond motifs is 1. The second-order valence-corrected chi connectivity index (χ2v) is 2.90. The standard InChI is InChI=1S/C9H11N3.C2H6/c1-3-7-4-8-9(10-5-7)11-6-12(8)2;1-2/h4-6H,3H2,1-2H3;1-2H3. The van der Waals surface area contributed by atoms with Gasteiger partial charge in [-0.25, -0.2) is 9.97 Å². The summed E-state index contributed by atoms with van der Waals surface area (Å²) in [5.74, 6) is 0. The molecule has 0 aromatic carbocycles. The third-order valence-corrected chi connectivity index (χ3v) is 2.05. The zero-order valence-electron chi connectivity index (χ0n) is 9.28. The van der Waals surface area contributed by atoms with E-state index in [4.69, 9.17) is 0 Å². The molecule has 3 nitrogen and oxygen atoms in total. The topological polar surface area (TPSA) is 30.7 Å². The molecular formula is C11H17N3. The van der Waals surface area contributed by atoms with Crippen LogP contribution < -0.4 is 0 Å². The third kappa shape index (κ3) is 1.92. The van der Waals surface area contributed by atoms with Gasteiger partial charge in [0.25, 0.3) is 0 Å². The number of hydrogen-bond donors (Lipinski definition) is 0. The first-order valence-electron chi connectivity index (χ1n) is 5.07. The van der Waals surface area contributed by atoms with Crippen LogP contribution in [0, 0.1) is 0 Å². The fraction of sp³-hybridized carbons (Fsp3) is 0.455. The van der Waals surface area contributed by atoms with Crippen LogP contribution in [0.15, 0.2) is 18.6 Å². The number of imidazole rings is 1. The number of nitrogens with zero attached hydrogens (tertiary/aromatic N) is 3. The van der Waals surface area contributed by atoms with E-state index in [1.807, 2.05) is 31.7 Å². The average Bonchev–Trinajstić information content (AvgIpc) is 2.63. The molecule has 0 radical (unpaired) electrons. The zero-order chi connectivity index (χ0) is 10.6. The maximum absolute atomic E-state index is 4.24. The summed E-state index contributed by atoms with van der Waals surface area (Å²) in [5.41, 5.74) is 3.19. The molecule has 0 saturated heterocycles. The van der Waals surface area contributed by atoms with Crippen LogP contribution in [0.5, 0.6) is 0 Å². The van der Waals surface area contributed by atoms with Crippen LogP contribution in [0.1, 0.15) is 26.3 Å². The highest BCUT2D eigenvalue weighted by Gasteiger charge is 2.00. The Labute approximate surface area is 84.8 Å². The smallest absolute Gasteiger partial charge is 0.177 e. The van der Waals surface area contributed by atoms with Crippen molar-refractivity contribution < 1.29 is 0 Å². The summed E-state index contributed by atoms with van der Waals surface area (Å²) in [6.45, 7) is 6.12. The summed E-state index contributed by atoms with van der Waals surface area (Å²) in [4.78, 5) is 8.39. The largest absolute Gasteiger partial charge is 0.332 e. The Bertz CT molecular complexity index is 404. The van der Waals surface area contributed by atoms with Gasteiger partial charge in [-0.15, -0.1) is 0 Å². The highest BCUT2D eigenvalue weighted by Crippen LogP contribution is 2.10. The lowest BCUT2D eigenvalue weighted by atomic mass is 10.2. The quantitative estimate of drug-likeness (QED) is 0.693. The molecule has 0 amide bonds. The maximum Gasteiger partial charge on any atom is 0.177 e. The van der Waals surface area contributed by atoms with Gasteiger partial charge in [0.05, 0.1) is 11.8 Å². The Morgan fingerprint density at radius 3 is 2.64 bits per heavy atom. The lowest BCUT2D eigenvalue weighted by molar-refractivity contribution is 0.946. The van der Waals surface area contributed by atoms with Crippen LogP contribution in [-0.2, 0) is 13.5 Å². The SMILES string of the molecule is CC.CCc1cnc2ncn(C)c2c1. The molecule has 76 valence electrons. The van der Waals surface area contributed by atoms with Crippen LogP contribution in [0.2, 0.25) is 0 Å². The van der Waals surface area contributed by atoms with E-state index in [0.717, 1.165) is 17.6 Å². The first-order valence-corrected chi connectivity index (χ1v) is 5.07. The van der Waals surface area contributed by atoms with E-state index in [-0.39, 0.29) is 0 Å². The van der Waals surface area contributed by atoms with Crippen LogP contribution in [-0.4, -0.2) is 14.5 Å². The van der Waals surface area contributed by atoms with E-state index >= 15 is 0 Å². The van der Waals surface area contributed by atoms with E-state index in [0.29, 0.717) is 0 Å². The average molecular weight is 191 g/mol. The van der Waals surface area contributed by atoms with Crippen molar-refractivity contribution >= 4 is 11.2 Å². The summed E-state index contributed by atoms with van der Waals surface area (Å²) < 4.78 is 1.99. The number of aryl methyl sites for hydroxylation is 2. The Kier molecular flexibility index (Phi) is 3.63. The van der Waals surface area contributed by atoms with Gasteiger partial charge in [0.2, 0.25) is 0 Å². The Morgan fingerprint density at radius 1 is 1.29 bits per heavy atom. The highest BCUT2D eigenvalue weighted by atomic mass is 15.0. The summed E-state index contributed by atoms with van der Waals surface area (Å²) in [7, 11) is 1.98. The number of hydrogen-bond acceptors (Lipinski definition) is 2. The lowest BCUT2D eigenvalue weighted by Crippen LogP contribution is -1.88. The van der Waals surface area contributed by atoms with Crippen molar-refractivity contribution in [2.24, 2.45) is 7.05 Å². The molecule has 2 aromatic heterocycles. The van der Waals surface area contributed by atoms with Crippen LogP contribution in [0.3, 0.4) is 0 Å². The van der Waals surface area contributed by atoms with Crippen molar-refractivity contribution in [1.29, 1.82) is 0 Å². The zero-order valence-corrected chi connectivity index (χ0v) is 9.28. The summed E-state index contributed by atoms with van der Waals surface area (Å²) in [6.07, 6.45) is 4.70. The van der Waals surface area contributed by atoms with Crippen molar-refractivity contribution in [2.45, 2.75) is 27.2 Å². The van der Waals surface area contributed by atoms with Gasteiger partial charge < -0.3 is 4.57 Å². The molecular weight excluding hydrogens is 174 g/mol. The van der Waals surface area contributed by atoms with Crippen LogP contribution in [0.25, 0.3) is 11.2 Å². The molecule has 0 unspecified atom stereocenters. The maximum atomic E-state index is 4.24. The molecule has 0 fully saturated rings.